The van der Waals surface area contributed by atoms with Crippen molar-refractivity contribution in [2.75, 3.05) is 33.3 Å². The fourth-order valence-corrected chi connectivity index (χ4v) is 5.56. The van der Waals surface area contributed by atoms with Crippen LogP contribution in [0.5, 0.6) is 0 Å². The Balaban J connectivity index is 0.000000628. The van der Waals surface area contributed by atoms with E-state index in [4.69, 9.17) is 14.6 Å². The molecule has 0 radical (unpaired) electrons. The molecule has 2 bridgehead atoms. The minimum atomic E-state index is -0.833. The Morgan fingerprint density at radius 2 is 1.87 bits per heavy atom. The first-order valence-electron chi connectivity index (χ1n) is 11.3. The van der Waals surface area contributed by atoms with Gasteiger partial charge in [-0.1, -0.05) is 11.6 Å². The predicted molar refractivity (Wildman–Crippen MR) is 116 cm³/mol. The second-order valence-electron chi connectivity index (χ2n) is 9.87. The van der Waals surface area contributed by atoms with Gasteiger partial charge in [-0.25, -0.2) is 0 Å². The maximum Gasteiger partial charge on any atom is 0.300 e. The van der Waals surface area contributed by atoms with Gasteiger partial charge in [0.15, 0.2) is 0 Å². The first-order valence-corrected chi connectivity index (χ1v) is 11.3. The van der Waals surface area contributed by atoms with E-state index in [0.29, 0.717) is 24.5 Å². The number of carbonyl (C=O) groups is 3. The number of hydrogen-bond acceptors (Lipinski definition) is 5. The van der Waals surface area contributed by atoms with Crippen molar-refractivity contribution in [3.05, 3.63) is 11.6 Å². The number of fused-ring (bicyclic) bond motifs is 2. The lowest BCUT2D eigenvalue weighted by Gasteiger charge is -2.48. The molecule has 2 amide bonds. The third kappa shape index (κ3) is 5.12. The molecule has 4 aliphatic heterocycles. The summed E-state index contributed by atoms with van der Waals surface area (Å²) < 4.78 is 5.95. The number of amides is 2. The number of ether oxygens (including phenoxy) is 1. The summed E-state index contributed by atoms with van der Waals surface area (Å²) in [5.41, 5.74) is 0.746. The van der Waals surface area contributed by atoms with E-state index >= 15 is 0 Å². The molecule has 2 N–H and O–H groups in total. The normalized spacial score (nSPS) is 31.3. The predicted octanol–water partition coefficient (Wildman–Crippen LogP) is 1.79. The van der Waals surface area contributed by atoms with Gasteiger partial charge in [-0.05, 0) is 52.4 Å². The average Bonchev–Trinajstić information content (AvgIpc) is 3.31. The average molecular weight is 436 g/mol. The number of likely N-dealkylation sites (N-methyl/N-ethyl adjacent to an activating group) is 1. The van der Waals surface area contributed by atoms with Crippen LogP contribution in [-0.4, -0.2) is 83.7 Å². The van der Waals surface area contributed by atoms with E-state index in [1.807, 2.05) is 7.05 Å². The standard InChI is InChI=1S/C21H33N3O3.C2H4O2/c1-15(2)6-7-21(12-16-4-5-17(21)22-16)19(26)24-10-8-20(9-11-24)14-23(3)18(25)13-27-20;1-2(3)4/h6,16-17,22H,4-5,7-14H2,1-3H3;1H3,(H,3,4)/t16-,17+,21+;/m0./s1. The van der Waals surface area contributed by atoms with Crippen molar-refractivity contribution in [2.45, 2.75) is 77.0 Å². The van der Waals surface area contributed by atoms with Crippen LogP contribution in [0.1, 0.15) is 59.3 Å². The van der Waals surface area contributed by atoms with Gasteiger partial charge in [-0.3, -0.25) is 14.4 Å². The molecule has 0 aromatic heterocycles. The SMILES string of the molecule is CC(=O)O.CC(C)=CC[C@@]1(C(=O)N2CCC3(CC2)CN(C)C(=O)CO3)C[C@@H]2CC[C@H]1N2. The highest BCUT2D eigenvalue weighted by atomic mass is 16.5. The number of nitrogens with zero attached hydrogens (tertiary/aromatic N) is 2. The molecule has 8 nitrogen and oxygen atoms in total. The zero-order valence-corrected chi connectivity index (χ0v) is 19.3. The molecule has 0 aromatic carbocycles. The van der Waals surface area contributed by atoms with Crippen LogP contribution in [0.25, 0.3) is 0 Å². The number of carbonyl (C=O) groups excluding carboxylic acids is 2. The Morgan fingerprint density at radius 1 is 1.23 bits per heavy atom. The molecule has 1 spiro atoms. The molecular weight excluding hydrogens is 398 g/mol. The fraction of sp³-hybridized carbons (Fsp3) is 0.783. The highest BCUT2D eigenvalue weighted by Gasteiger charge is 2.56. The second kappa shape index (κ2) is 9.28. The minimum absolute atomic E-state index is 0.0489. The van der Waals surface area contributed by atoms with E-state index in [2.05, 4.69) is 30.1 Å². The van der Waals surface area contributed by atoms with Crippen molar-refractivity contribution in [3.8, 4) is 0 Å². The third-order valence-corrected chi connectivity index (χ3v) is 7.23. The van der Waals surface area contributed by atoms with Gasteiger partial charge in [0.2, 0.25) is 11.8 Å². The van der Waals surface area contributed by atoms with Crippen molar-refractivity contribution < 1.29 is 24.2 Å². The molecule has 4 fully saturated rings. The molecule has 0 aromatic rings. The van der Waals surface area contributed by atoms with Crippen LogP contribution in [-0.2, 0) is 19.1 Å². The van der Waals surface area contributed by atoms with Crippen LogP contribution in [0.4, 0.5) is 0 Å². The lowest BCUT2D eigenvalue weighted by atomic mass is 9.69. The largest absolute Gasteiger partial charge is 0.481 e. The number of hydrogen-bond donors (Lipinski definition) is 2. The lowest BCUT2D eigenvalue weighted by molar-refractivity contribution is -0.173. The fourth-order valence-electron chi connectivity index (χ4n) is 5.56. The number of aliphatic carboxylic acids is 1. The maximum atomic E-state index is 13.7. The molecule has 4 heterocycles. The van der Waals surface area contributed by atoms with Crippen LogP contribution in [0.15, 0.2) is 11.6 Å². The third-order valence-electron chi connectivity index (χ3n) is 7.23. The second-order valence-corrected chi connectivity index (χ2v) is 9.87. The molecule has 4 aliphatic rings. The Morgan fingerprint density at radius 3 is 2.35 bits per heavy atom. The zero-order chi connectivity index (χ0) is 22.8. The number of nitrogens with one attached hydrogen (secondary N) is 1. The Hall–Kier alpha value is -1.93. The van der Waals surface area contributed by atoms with E-state index < -0.39 is 5.97 Å². The number of allylic oxidation sites excluding steroid dienone is 2. The molecule has 0 unspecified atom stereocenters. The lowest BCUT2D eigenvalue weighted by Crippen LogP contribution is -2.60. The molecule has 0 saturated carbocycles. The Labute approximate surface area is 185 Å². The topological polar surface area (TPSA) is 99.2 Å². The first kappa shape index (κ1) is 23.7. The van der Waals surface area contributed by atoms with Crippen LogP contribution in [0, 0.1) is 5.41 Å². The molecule has 4 saturated heterocycles. The van der Waals surface area contributed by atoms with Crippen molar-refractivity contribution >= 4 is 17.8 Å². The number of morpholine rings is 1. The summed E-state index contributed by atoms with van der Waals surface area (Å²) in [4.78, 5) is 38.2. The van der Waals surface area contributed by atoms with Gasteiger partial charge in [0.05, 0.1) is 11.0 Å². The summed E-state index contributed by atoms with van der Waals surface area (Å²) in [6.07, 6.45) is 8.00. The van der Waals surface area contributed by atoms with Gasteiger partial charge in [0, 0.05) is 45.7 Å². The van der Waals surface area contributed by atoms with Gasteiger partial charge in [0.1, 0.15) is 6.61 Å². The van der Waals surface area contributed by atoms with Gasteiger partial charge in [0.25, 0.3) is 5.97 Å². The summed E-state index contributed by atoms with van der Waals surface area (Å²) in [7, 11) is 1.85. The van der Waals surface area contributed by atoms with Gasteiger partial charge < -0.3 is 25.0 Å². The summed E-state index contributed by atoms with van der Waals surface area (Å²) in [6, 6.07) is 0.818. The molecular formula is C23H37N3O5. The molecule has 8 heteroatoms. The van der Waals surface area contributed by atoms with Crippen molar-refractivity contribution in [2.24, 2.45) is 5.41 Å². The quantitative estimate of drug-likeness (QED) is 0.656. The van der Waals surface area contributed by atoms with Crippen LogP contribution in [0.3, 0.4) is 0 Å². The Kier molecular flexibility index (Phi) is 7.11. The van der Waals surface area contributed by atoms with E-state index in [1.165, 1.54) is 12.0 Å². The summed E-state index contributed by atoms with van der Waals surface area (Å²) in [5, 5.41) is 11.1. The van der Waals surface area contributed by atoms with E-state index in [1.54, 1.807) is 4.90 Å². The van der Waals surface area contributed by atoms with Crippen molar-refractivity contribution in [3.63, 3.8) is 0 Å². The van der Waals surface area contributed by atoms with Crippen LogP contribution in [0.2, 0.25) is 0 Å². The number of likely N-dealkylation sites (tertiary alicyclic amines) is 1. The van der Waals surface area contributed by atoms with Crippen molar-refractivity contribution in [1.82, 2.24) is 15.1 Å². The maximum absolute atomic E-state index is 13.7. The minimum Gasteiger partial charge on any atom is -0.481 e. The van der Waals surface area contributed by atoms with Gasteiger partial charge >= 0.3 is 0 Å². The summed E-state index contributed by atoms with van der Waals surface area (Å²) in [6.45, 7) is 7.58. The van der Waals surface area contributed by atoms with E-state index in [-0.39, 0.29) is 23.5 Å². The van der Waals surface area contributed by atoms with E-state index in [9.17, 15) is 9.59 Å². The van der Waals surface area contributed by atoms with Gasteiger partial charge in [-0.2, -0.15) is 0 Å². The van der Waals surface area contributed by atoms with Crippen LogP contribution >= 0.6 is 0 Å². The smallest absolute Gasteiger partial charge is 0.300 e. The molecule has 4 rings (SSSR count). The van der Waals surface area contributed by atoms with Gasteiger partial charge in [-0.15, -0.1) is 0 Å². The molecule has 3 atom stereocenters. The highest BCUT2D eigenvalue weighted by Crippen LogP contribution is 2.48. The molecule has 174 valence electrons. The van der Waals surface area contributed by atoms with E-state index in [0.717, 1.165) is 52.1 Å². The summed E-state index contributed by atoms with van der Waals surface area (Å²) in [5.74, 6) is -0.456. The molecule has 0 aliphatic carbocycles. The van der Waals surface area contributed by atoms with Crippen LogP contribution < -0.4 is 5.32 Å². The zero-order valence-electron chi connectivity index (χ0n) is 19.3. The number of carboxylic acids is 1. The van der Waals surface area contributed by atoms with Crippen molar-refractivity contribution in [1.29, 1.82) is 0 Å². The first-order chi connectivity index (χ1) is 14.6. The summed E-state index contributed by atoms with van der Waals surface area (Å²) >= 11 is 0. The number of carboxylic acid groups (broad SMARTS) is 1. The number of rotatable bonds is 3. The Bertz CT molecular complexity index is 735. The highest BCUT2D eigenvalue weighted by molar-refractivity contribution is 5.85. The number of piperidine rings is 1. The molecule has 31 heavy (non-hydrogen) atoms. The monoisotopic (exact) mass is 435 g/mol.